The van der Waals surface area contributed by atoms with E-state index in [1.54, 1.807) is 47.6 Å². The average molecular weight is 404 g/mol. The zero-order chi connectivity index (χ0) is 21.3. The maximum atomic E-state index is 13.6. The van der Waals surface area contributed by atoms with E-state index < -0.39 is 11.9 Å². The molecule has 3 aromatic rings. The second-order valence-corrected chi connectivity index (χ2v) is 6.91. The van der Waals surface area contributed by atoms with Crippen LogP contribution >= 0.6 is 0 Å². The molecule has 0 aromatic carbocycles. The lowest BCUT2D eigenvalue weighted by Gasteiger charge is -2.28. The fourth-order valence-corrected chi connectivity index (χ4v) is 3.65. The third-order valence-electron chi connectivity index (χ3n) is 5.06. The molecule has 0 fully saturated rings. The highest BCUT2D eigenvalue weighted by Gasteiger charge is 2.38. The molecule has 4 rings (SSSR count). The molecule has 0 saturated heterocycles. The van der Waals surface area contributed by atoms with Gasteiger partial charge in [0, 0.05) is 36.5 Å². The van der Waals surface area contributed by atoms with Crippen LogP contribution in [0.5, 0.6) is 5.75 Å². The number of nitrogens with zero attached hydrogens (tertiary/aromatic N) is 3. The van der Waals surface area contributed by atoms with Gasteiger partial charge in [0.05, 0.1) is 25.1 Å². The molecule has 0 spiro atoms. The van der Waals surface area contributed by atoms with Gasteiger partial charge in [-0.15, -0.1) is 0 Å². The SMILES string of the molecule is COC(=O)C1=C(N)Oc2cc(C)n(Cc3cccnc3)c(=O)c2[C@H]1c1cccnc1. The molecule has 0 bridgehead atoms. The van der Waals surface area contributed by atoms with E-state index >= 15 is 0 Å². The van der Waals surface area contributed by atoms with Crippen LogP contribution in [-0.2, 0) is 16.1 Å². The van der Waals surface area contributed by atoms with Gasteiger partial charge in [-0.25, -0.2) is 4.79 Å². The van der Waals surface area contributed by atoms with Crippen molar-refractivity contribution in [2.45, 2.75) is 19.4 Å². The molecule has 8 heteroatoms. The number of rotatable bonds is 4. The molecule has 8 nitrogen and oxygen atoms in total. The van der Waals surface area contributed by atoms with E-state index in [1.165, 1.54) is 7.11 Å². The van der Waals surface area contributed by atoms with Crippen molar-refractivity contribution in [1.82, 2.24) is 14.5 Å². The summed E-state index contributed by atoms with van der Waals surface area (Å²) in [6, 6.07) is 8.97. The molecule has 1 atom stereocenters. The quantitative estimate of drug-likeness (QED) is 0.661. The van der Waals surface area contributed by atoms with Gasteiger partial charge in [-0.3, -0.25) is 14.8 Å². The van der Waals surface area contributed by atoms with E-state index in [0.717, 1.165) is 5.56 Å². The predicted octanol–water partition coefficient (Wildman–Crippen LogP) is 1.86. The van der Waals surface area contributed by atoms with Gasteiger partial charge in [-0.1, -0.05) is 12.1 Å². The van der Waals surface area contributed by atoms with Crippen molar-refractivity contribution in [1.29, 1.82) is 0 Å². The first-order valence-corrected chi connectivity index (χ1v) is 9.30. The first kappa shape index (κ1) is 19.4. The van der Waals surface area contributed by atoms with E-state index in [-0.39, 0.29) is 17.0 Å². The summed E-state index contributed by atoms with van der Waals surface area (Å²) >= 11 is 0. The number of aryl methyl sites for hydroxylation is 1. The molecule has 0 amide bonds. The number of carbonyl (C=O) groups excluding carboxylic acids is 1. The van der Waals surface area contributed by atoms with Gasteiger partial charge in [-0.2, -0.15) is 0 Å². The van der Waals surface area contributed by atoms with Gasteiger partial charge in [0.2, 0.25) is 5.88 Å². The summed E-state index contributed by atoms with van der Waals surface area (Å²) in [5, 5.41) is 0. The van der Waals surface area contributed by atoms with Crippen LogP contribution in [0.3, 0.4) is 0 Å². The Kier molecular flexibility index (Phi) is 5.05. The molecular formula is C22H20N4O4. The molecule has 152 valence electrons. The average Bonchev–Trinajstić information content (AvgIpc) is 2.76. The van der Waals surface area contributed by atoms with Gasteiger partial charge < -0.3 is 19.8 Å². The van der Waals surface area contributed by atoms with Crippen LogP contribution in [0.1, 0.15) is 28.3 Å². The van der Waals surface area contributed by atoms with Crippen LogP contribution in [-0.4, -0.2) is 27.6 Å². The number of carbonyl (C=O) groups is 1. The predicted molar refractivity (Wildman–Crippen MR) is 109 cm³/mol. The summed E-state index contributed by atoms with van der Waals surface area (Å²) in [6.45, 7) is 2.15. The monoisotopic (exact) mass is 404 g/mol. The van der Waals surface area contributed by atoms with Crippen molar-refractivity contribution in [2.75, 3.05) is 7.11 Å². The molecule has 0 unspecified atom stereocenters. The molecule has 3 aromatic heterocycles. The number of aromatic nitrogens is 3. The zero-order valence-corrected chi connectivity index (χ0v) is 16.5. The van der Waals surface area contributed by atoms with Crippen molar-refractivity contribution >= 4 is 5.97 Å². The molecule has 0 radical (unpaired) electrons. The van der Waals surface area contributed by atoms with E-state index in [2.05, 4.69) is 9.97 Å². The fourth-order valence-electron chi connectivity index (χ4n) is 3.65. The number of hydrogen-bond donors (Lipinski definition) is 1. The first-order chi connectivity index (χ1) is 14.5. The second-order valence-electron chi connectivity index (χ2n) is 6.91. The number of fused-ring (bicyclic) bond motifs is 1. The Bertz CT molecular complexity index is 1190. The summed E-state index contributed by atoms with van der Waals surface area (Å²) in [6.07, 6.45) is 6.60. The molecular weight excluding hydrogens is 384 g/mol. The Morgan fingerprint density at radius 1 is 1.23 bits per heavy atom. The number of pyridine rings is 3. The third-order valence-corrected chi connectivity index (χ3v) is 5.06. The summed E-state index contributed by atoms with van der Waals surface area (Å²) in [5.74, 6) is -1.19. The third kappa shape index (κ3) is 3.32. The van der Waals surface area contributed by atoms with Gasteiger partial charge in [0.1, 0.15) is 11.3 Å². The topological polar surface area (TPSA) is 109 Å². The van der Waals surface area contributed by atoms with Crippen LogP contribution in [0, 0.1) is 6.92 Å². The number of methoxy groups -OCH3 is 1. The number of ether oxygens (including phenoxy) is 2. The van der Waals surface area contributed by atoms with Crippen LogP contribution in [0.25, 0.3) is 0 Å². The minimum absolute atomic E-state index is 0.0758. The highest BCUT2D eigenvalue weighted by molar-refractivity contribution is 5.92. The van der Waals surface area contributed by atoms with E-state index in [1.807, 2.05) is 19.1 Å². The van der Waals surface area contributed by atoms with E-state index in [0.29, 0.717) is 29.1 Å². The molecule has 2 N–H and O–H groups in total. The Balaban J connectivity index is 1.94. The van der Waals surface area contributed by atoms with Gasteiger partial charge in [0.25, 0.3) is 5.56 Å². The van der Waals surface area contributed by atoms with Crippen LogP contribution < -0.4 is 16.0 Å². The minimum atomic E-state index is -0.761. The lowest BCUT2D eigenvalue weighted by atomic mass is 9.84. The zero-order valence-electron chi connectivity index (χ0n) is 16.5. The summed E-state index contributed by atoms with van der Waals surface area (Å²) in [4.78, 5) is 34.4. The standard InChI is InChI=1S/C22H20N4O4/c1-13-9-16-18(21(27)26(13)12-14-5-3-7-24-10-14)17(15-6-4-8-25-11-15)19(20(23)30-16)22(28)29-2/h3-11,17H,12,23H2,1-2H3/t17-/m1/s1. The smallest absolute Gasteiger partial charge is 0.340 e. The van der Waals surface area contributed by atoms with Crippen molar-refractivity contribution in [3.63, 3.8) is 0 Å². The van der Waals surface area contributed by atoms with Crippen LogP contribution in [0.4, 0.5) is 0 Å². The van der Waals surface area contributed by atoms with Crippen LogP contribution in [0.15, 0.2) is 71.4 Å². The molecule has 30 heavy (non-hydrogen) atoms. The Hall–Kier alpha value is -3.94. The highest BCUT2D eigenvalue weighted by Crippen LogP contribution is 2.40. The minimum Gasteiger partial charge on any atom is -0.465 e. The highest BCUT2D eigenvalue weighted by atomic mass is 16.5. The van der Waals surface area contributed by atoms with Gasteiger partial charge in [0.15, 0.2) is 0 Å². The Morgan fingerprint density at radius 2 is 1.97 bits per heavy atom. The summed E-state index contributed by atoms with van der Waals surface area (Å²) < 4.78 is 12.2. The normalized spacial score (nSPS) is 15.3. The maximum Gasteiger partial charge on any atom is 0.340 e. The van der Waals surface area contributed by atoms with Crippen LogP contribution in [0.2, 0.25) is 0 Å². The molecule has 0 aliphatic carbocycles. The molecule has 0 saturated carbocycles. The van der Waals surface area contributed by atoms with Gasteiger partial charge in [-0.05, 0) is 30.2 Å². The second kappa shape index (κ2) is 7.82. The van der Waals surface area contributed by atoms with Crippen molar-refractivity contribution in [3.05, 3.63) is 99.3 Å². The number of nitrogens with two attached hydrogens (primary N) is 1. The largest absolute Gasteiger partial charge is 0.465 e. The lowest BCUT2D eigenvalue weighted by Crippen LogP contribution is -2.35. The Morgan fingerprint density at radius 3 is 2.60 bits per heavy atom. The van der Waals surface area contributed by atoms with E-state index in [4.69, 9.17) is 15.2 Å². The lowest BCUT2D eigenvalue weighted by molar-refractivity contribution is -0.136. The maximum absolute atomic E-state index is 13.6. The molecule has 4 heterocycles. The van der Waals surface area contributed by atoms with Crippen molar-refractivity contribution in [3.8, 4) is 5.75 Å². The fraction of sp³-hybridized carbons (Fsp3) is 0.182. The molecule has 1 aliphatic rings. The Labute approximate surface area is 172 Å². The number of hydrogen-bond acceptors (Lipinski definition) is 7. The summed E-state index contributed by atoms with van der Waals surface area (Å²) in [5.41, 5.74) is 8.40. The summed E-state index contributed by atoms with van der Waals surface area (Å²) in [7, 11) is 1.26. The first-order valence-electron chi connectivity index (χ1n) is 9.30. The van der Waals surface area contributed by atoms with Crippen molar-refractivity contribution < 1.29 is 14.3 Å². The molecule has 1 aliphatic heterocycles. The van der Waals surface area contributed by atoms with Gasteiger partial charge >= 0.3 is 5.97 Å². The van der Waals surface area contributed by atoms with Crippen molar-refractivity contribution in [2.24, 2.45) is 5.73 Å². The number of esters is 1. The van der Waals surface area contributed by atoms with E-state index in [9.17, 15) is 9.59 Å².